The van der Waals surface area contributed by atoms with Crippen LogP contribution in [0.2, 0.25) is 0 Å². The Balaban J connectivity index is 3.50. The van der Waals surface area contributed by atoms with E-state index in [4.69, 9.17) is 11.6 Å². The molecular formula is C6H12ClO2S-. The minimum atomic E-state index is -1.99. The van der Waals surface area contributed by atoms with Crippen LogP contribution in [0.15, 0.2) is 0 Å². The lowest BCUT2D eigenvalue weighted by Crippen LogP contribution is -2.16. The molecule has 10 heavy (non-hydrogen) atoms. The third-order valence-corrected chi connectivity index (χ3v) is 2.83. The molecule has 0 bridgehead atoms. The predicted molar refractivity (Wildman–Crippen MR) is 43.0 cm³/mol. The molecule has 2 nitrogen and oxygen atoms in total. The number of hydrogen-bond acceptors (Lipinski definition) is 2. The smallest absolute Gasteiger partial charge is 0.0356 e. The second-order valence-electron chi connectivity index (χ2n) is 2.18. The van der Waals surface area contributed by atoms with Gasteiger partial charge in [-0.1, -0.05) is 30.8 Å². The van der Waals surface area contributed by atoms with Gasteiger partial charge in [-0.15, -0.1) is 11.6 Å². The number of unbranched alkanes of at least 4 members (excludes halogenated alkanes) is 1. The molecule has 2 unspecified atom stereocenters. The van der Waals surface area contributed by atoms with Gasteiger partial charge in [0.25, 0.3) is 0 Å². The van der Waals surface area contributed by atoms with E-state index in [0.29, 0.717) is 6.42 Å². The van der Waals surface area contributed by atoms with Crippen molar-refractivity contribution in [3.8, 4) is 0 Å². The van der Waals surface area contributed by atoms with Crippen molar-refractivity contribution in [3.05, 3.63) is 0 Å². The Bertz CT molecular complexity index is 108. The topological polar surface area (TPSA) is 40.1 Å². The second-order valence-corrected chi connectivity index (χ2v) is 3.68. The summed E-state index contributed by atoms with van der Waals surface area (Å²) in [6, 6.07) is 0. The van der Waals surface area contributed by atoms with E-state index in [9.17, 15) is 8.76 Å². The molecule has 4 heteroatoms. The summed E-state index contributed by atoms with van der Waals surface area (Å²) in [5.41, 5.74) is 0. The highest BCUT2D eigenvalue weighted by Gasteiger charge is 2.05. The van der Waals surface area contributed by atoms with E-state index in [1.165, 1.54) is 0 Å². The summed E-state index contributed by atoms with van der Waals surface area (Å²) >= 11 is 3.42. The molecular weight excluding hydrogens is 172 g/mol. The molecule has 0 aromatic heterocycles. The van der Waals surface area contributed by atoms with Crippen molar-refractivity contribution in [1.82, 2.24) is 0 Å². The zero-order valence-electron chi connectivity index (χ0n) is 6.01. The average molecular weight is 184 g/mol. The summed E-state index contributed by atoms with van der Waals surface area (Å²) in [5.74, 6) is 0.218. The minimum absolute atomic E-state index is 0.218. The monoisotopic (exact) mass is 183 g/mol. The minimum Gasteiger partial charge on any atom is -0.772 e. The van der Waals surface area contributed by atoms with Gasteiger partial charge in [0.15, 0.2) is 0 Å². The molecule has 0 heterocycles. The molecule has 0 saturated carbocycles. The molecule has 0 radical (unpaired) electrons. The van der Waals surface area contributed by atoms with Gasteiger partial charge in [-0.3, -0.25) is 4.21 Å². The Morgan fingerprint density at radius 1 is 1.70 bits per heavy atom. The van der Waals surface area contributed by atoms with Crippen molar-refractivity contribution >= 4 is 22.7 Å². The van der Waals surface area contributed by atoms with Gasteiger partial charge in [0, 0.05) is 11.1 Å². The van der Waals surface area contributed by atoms with Crippen LogP contribution in [0.1, 0.15) is 26.2 Å². The quantitative estimate of drug-likeness (QED) is 0.481. The maximum atomic E-state index is 10.4. The van der Waals surface area contributed by atoms with Crippen LogP contribution in [0.4, 0.5) is 0 Å². The molecule has 0 aliphatic heterocycles. The SMILES string of the molecule is CCCCC(CCl)S(=O)[O-]. The second kappa shape index (κ2) is 6.13. The molecule has 0 aromatic carbocycles. The summed E-state index contributed by atoms with van der Waals surface area (Å²) < 4.78 is 20.7. The van der Waals surface area contributed by atoms with Gasteiger partial charge in [-0.05, 0) is 6.42 Å². The van der Waals surface area contributed by atoms with Crippen molar-refractivity contribution in [2.45, 2.75) is 31.4 Å². The Labute approximate surface area is 69.2 Å². The number of alkyl halides is 1. The zero-order valence-corrected chi connectivity index (χ0v) is 7.58. The fraction of sp³-hybridized carbons (Fsp3) is 1.00. The molecule has 62 valence electrons. The lowest BCUT2D eigenvalue weighted by atomic mass is 10.2. The maximum Gasteiger partial charge on any atom is 0.0356 e. The molecule has 0 fully saturated rings. The van der Waals surface area contributed by atoms with Crippen molar-refractivity contribution in [2.75, 3.05) is 5.88 Å². The first kappa shape index (κ1) is 10.4. The molecule has 0 rings (SSSR count). The van der Waals surface area contributed by atoms with E-state index in [-0.39, 0.29) is 11.1 Å². The fourth-order valence-corrected chi connectivity index (χ4v) is 1.58. The van der Waals surface area contributed by atoms with Gasteiger partial charge in [0.1, 0.15) is 0 Å². The van der Waals surface area contributed by atoms with Crippen LogP contribution in [0.25, 0.3) is 0 Å². The van der Waals surface area contributed by atoms with E-state index < -0.39 is 11.1 Å². The third-order valence-electron chi connectivity index (χ3n) is 1.32. The molecule has 0 amide bonds. The first-order chi connectivity index (χ1) is 4.72. The third kappa shape index (κ3) is 4.25. The van der Waals surface area contributed by atoms with E-state index in [2.05, 4.69) is 0 Å². The van der Waals surface area contributed by atoms with Crippen LogP contribution < -0.4 is 0 Å². The molecule has 2 atom stereocenters. The van der Waals surface area contributed by atoms with E-state index in [0.717, 1.165) is 12.8 Å². The Hall–Kier alpha value is 0.400. The van der Waals surface area contributed by atoms with Crippen LogP contribution in [-0.4, -0.2) is 19.9 Å². The lowest BCUT2D eigenvalue weighted by Gasteiger charge is -2.15. The Kier molecular flexibility index (Phi) is 6.38. The Morgan fingerprint density at radius 2 is 2.30 bits per heavy atom. The Morgan fingerprint density at radius 3 is 2.60 bits per heavy atom. The summed E-state index contributed by atoms with van der Waals surface area (Å²) in [4.78, 5) is 0. The molecule has 0 aliphatic rings. The van der Waals surface area contributed by atoms with Crippen LogP contribution in [0, 0.1) is 0 Å². The first-order valence-electron chi connectivity index (χ1n) is 3.36. The van der Waals surface area contributed by atoms with Gasteiger partial charge in [0.2, 0.25) is 0 Å². The zero-order chi connectivity index (χ0) is 7.98. The maximum absolute atomic E-state index is 10.4. The number of rotatable bonds is 5. The van der Waals surface area contributed by atoms with Crippen LogP contribution >= 0.6 is 11.6 Å². The summed E-state index contributed by atoms with van der Waals surface area (Å²) in [6.45, 7) is 2.03. The highest BCUT2D eigenvalue weighted by Crippen LogP contribution is 2.07. The predicted octanol–water partition coefficient (Wildman–Crippen LogP) is 1.66. The van der Waals surface area contributed by atoms with Gasteiger partial charge in [0.05, 0.1) is 0 Å². The molecule has 0 aliphatic carbocycles. The highest BCUT2D eigenvalue weighted by molar-refractivity contribution is 7.79. The van der Waals surface area contributed by atoms with E-state index in [1.54, 1.807) is 0 Å². The standard InChI is InChI=1S/C6H13ClO2S/c1-2-3-4-6(5-7)10(8)9/h6H,2-5H2,1H3,(H,8,9)/p-1. The van der Waals surface area contributed by atoms with Crippen LogP contribution in [0.3, 0.4) is 0 Å². The van der Waals surface area contributed by atoms with Crippen molar-refractivity contribution in [1.29, 1.82) is 0 Å². The molecule has 0 N–H and O–H groups in total. The van der Waals surface area contributed by atoms with Crippen molar-refractivity contribution in [2.24, 2.45) is 0 Å². The molecule has 0 aromatic rings. The van der Waals surface area contributed by atoms with Gasteiger partial charge in [-0.25, -0.2) is 0 Å². The van der Waals surface area contributed by atoms with E-state index in [1.807, 2.05) is 6.92 Å². The van der Waals surface area contributed by atoms with Gasteiger partial charge in [-0.2, -0.15) is 0 Å². The molecule has 0 saturated heterocycles. The summed E-state index contributed by atoms with van der Waals surface area (Å²) in [7, 11) is 0. The van der Waals surface area contributed by atoms with Crippen LogP contribution in [-0.2, 0) is 11.1 Å². The van der Waals surface area contributed by atoms with Crippen LogP contribution in [0.5, 0.6) is 0 Å². The van der Waals surface area contributed by atoms with Crippen molar-refractivity contribution < 1.29 is 8.76 Å². The normalized spacial score (nSPS) is 16.7. The number of halogens is 1. The van der Waals surface area contributed by atoms with E-state index >= 15 is 0 Å². The van der Waals surface area contributed by atoms with Crippen molar-refractivity contribution in [3.63, 3.8) is 0 Å². The highest BCUT2D eigenvalue weighted by atomic mass is 35.5. The molecule has 0 spiro atoms. The average Bonchev–Trinajstić information content (AvgIpc) is 1.89. The largest absolute Gasteiger partial charge is 0.772 e. The lowest BCUT2D eigenvalue weighted by molar-refractivity contribution is 0.518. The summed E-state index contributed by atoms with van der Waals surface area (Å²) in [5, 5.41) is -0.346. The first-order valence-corrected chi connectivity index (χ1v) is 5.03. The number of hydrogen-bond donors (Lipinski definition) is 0. The van der Waals surface area contributed by atoms with Gasteiger partial charge < -0.3 is 4.55 Å². The van der Waals surface area contributed by atoms with Gasteiger partial charge >= 0.3 is 0 Å². The fourth-order valence-electron chi connectivity index (χ4n) is 0.657. The summed E-state index contributed by atoms with van der Waals surface area (Å²) in [6.07, 6.45) is 2.64.